The first-order chi connectivity index (χ1) is 7.40. The highest BCUT2D eigenvalue weighted by Gasteiger charge is 2.66. The van der Waals surface area contributed by atoms with Gasteiger partial charge in [-0.15, -0.1) is 5.10 Å². The first kappa shape index (κ1) is 8.21. The number of nitrogens with two attached hydrogens (primary N) is 1. The number of aromatic nitrogens is 4. The van der Waals surface area contributed by atoms with E-state index in [1.165, 1.54) is 19.3 Å². The molecular formula is C10H15N5. The maximum atomic E-state index is 5.63. The summed E-state index contributed by atoms with van der Waals surface area (Å²) in [5, 5.41) is 11.8. The van der Waals surface area contributed by atoms with Crippen molar-refractivity contribution in [1.82, 2.24) is 20.2 Å². The van der Waals surface area contributed by atoms with E-state index in [0.29, 0.717) is 12.6 Å². The first-order valence-corrected chi connectivity index (χ1v) is 5.87. The molecule has 3 aliphatic rings. The minimum Gasteiger partial charge on any atom is -0.324 e. The van der Waals surface area contributed by atoms with Gasteiger partial charge in [0.05, 0.1) is 12.6 Å². The summed E-state index contributed by atoms with van der Waals surface area (Å²) in [5.41, 5.74) is 5.63. The van der Waals surface area contributed by atoms with Gasteiger partial charge in [0.1, 0.15) is 0 Å². The number of hydrogen-bond donors (Lipinski definition) is 1. The minimum atomic E-state index is 0.457. The Bertz CT molecular complexity index is 384. The minimum absolute atomic E-state index is 0.457. The molecule has 1 aromatic heterocycles. The fourth-order valence-corrected chi connectivity index (χ4v) is 4.18. The van der Waals surface area contributed by atoms with Gasteiger partial charge in [0.2, 0.25) is 0 Å². The maximum Gasteiger partial charge on any atom is 0.165 e. The third-order valence-electron chi connectivity index (χ3n) is 4.72. The fraction of sp³-hybridized carbons (Fsp3) is 0.900. The van der Waals surface area contributed by atoms with Crippen molar-refractivity contribution in [3.05, 3.63) is 5.82 Å². The van der Waals surface area contributed by atoms with Crippen LogP contribution in [0.5, 0.6) is 0 Å². The molecule has 80 valence electrons. The molecule has 2 N–H and O–H groups in total. The predicted octanol–water partition coefficient (Wildman–Crippen LogP) is 0.349. The summed E-state index contributed by atoms with van der Waals surface area (Å²) < 4.78 is 2.00. The summed E-state index contributed by atoms with van der Waals surface area (Å²) in [6, 6.07) is 0.588. The normalized spacial score (nSPS) is 45.8. The number of rotatable bonds is 2. The Morgan fingerprint density at radius 2 is 2.00 bits per heavy atom. The smallest absolute Gasteiger partial charge is 0.165 e. The lowest BCUT2D eigenvalue weighted by atomic mass is 10.0. The highest BCUT2D eigenvalue weighted by atomic mass is 15.6. The summed E-state index contributed by atoms with van der Waals surface area (Å²) >= 11 is 0. The van der Waals surface area contributed by atoms with Gasteiger partial charge in [0, 0.05) is 0 Å². The summed E-state index contributed by atoms with van der Waals surface area (Å²) in [6.45, 7) is 0.457. The molecule has 5 nitrogen and oxygen atoms in total. The van der Waals surface area contributed by atoms with Gasteiger partial charge in [-0.2, -0.15) is 0 Å². The predicted molar refractivity (Wildman–Crippen MR) is 52.6 cm³/mol. The molecule has 0 spiro atoms. The van der Waals surface area contributed by atoms with E-state index >= 15 is 0 Å². The summed E-state index contributed by atoms with van der Waals surface area (Å²) in [4.78, 5) is 0. The zero-order valence-corrected chi connectivity index (χ0v) is 8.58. The third-order valence-corrected chi connectivity index (χ3v) is 4.72. The molecule has 4 rings (SSSR count). The van der Waals surface area contributed by atoms with E-state index < -0.39 is 0 Å². The van der Waals surface area contributed by atoms with Crippen LogP contribution >= 0.6 is 0 Å². The second-order valence-electron chi connectivity index (χ2n) is 5.22. The maximum absolute atomic E-state index is 5.63. The Morgan fingerprint density at radius 3 is 2.67 bits per heavy atom. The molecule has 0 amide bonds. The van der Waals surface area contributed by atoms with Crippen molar-refractivity contribution in [3.8, 4) is 0 Å². The van der Waals surface area contributed by atoms with E-state index in [4.69, 9.17) is 5.73 Å². The number of nitrogens with zero attached hydrogens (tertiary/aromatic N) is 4. The summed E-state index contributed by atoms with van der Waals surface area (Å²) in [5.74, 6) is 4.52. The molecule has 4 unspecified atom stereocenters. The second-order valence-corrected chi connectivity index (χ2v) is 5.22. The van der Waals surface area contributed by atoms with E-state index in [9.17, 15) is 0 Å². The van der Waals surface area contributed by atoms with Crippen molar-refractivity contribution in [2.24, 2.45) is 29.4 Å². The van der Waals surface area contributed by atoms with Gasteiger partial charge >= 0.3 is 0 Å². The van der Waals surface area contributed by atoms with E-state index in [0.717, 1.165) is 29.5 Å². The van der Waals surface area contributed by atoms with Crippen molar-refractivity contribution < 1.29 is 0 Å². The van der Waals surface area contributed by atoms with Crippen molar-refractivity contribution in [2.45, 2.75) is 31.8 Å². The fourth-order valence-electron chi connectivity index (χ4n) is 4.18. The number of fused-ring (bicyclic) bond motifs is 5. The molecule has 3 fully saturated rings. The summed E-state index contributed by atoms with van der Waals surface area (Å²) in [6.07, 6.45) is 4.33. The molecule has 2 bridgehead atoms. The molecule has 0 saturated heterocycles. The van der Waals surface area contributed by atoms with Gasteiger partial charge in [-0.25, -0.2) is 4.68 Å². The average Bonchev–Trinajstić information content (AvgIpc) is 2.72. The van der Waals surface area contributed by atoms with E-state index in [2.05, 4.69) is 15.5 Å². The highest BCUT2D eigenvalue weighted by molar-refractivity contribution is 5.15. The monoisotopic (exact) mass is 205 g/mol. The van der Waals surface area contributed by atoms with Crippen molar-refractivity contribution in [1.29, 1.82) is 0 Å². The largest absolute Gasteiger partial charge is 0.324 e. The standard InChI is InChI=1S/C10H15N5/c11-4-7-12-13-14-15(7)10-8-5-1-2-6(3-5)9(8)10/h5-6,8-10H,1-4,11H2. The van der Waals surface area contributed by atoms with Crippen LogP contribution in [0.15, 0.2) is 0 Å². The van der Waals surface area contributed by atoms with Gasteiger partial charge in [-0.3, -0.25) is 0 Å². The van der Waals surface area contributed by atoms with Crippen LogP contribution < -0.4 is 5.73 Å². The Kier molecular flexibility index (Phi) is 1.41. The van der Waals surface area contributed by atoms with Crippen LogP contribution in [0.3, 0.4) is 0 Å². The van der Waals surface area contributed by atoms with E-state index in [1.54, 1.807) is 0 Å². The molecule has 0 aliphatic heterocycles. The molecule has 0 aromatic carbocycles. The SMILES string of the molecule is NCc1nnnn1C1C2C3CCC(C3)C21. The molecule has 0 radical (unpaired) electrons. The average molecular weight is 205 g/mol. The van der Waals surface area contributed by atoms with Crippen LogP contribution in [-0.2, 0) is 6.54 Å². The molecule has 3 saturated carbocycles. The highest BCUT2D eigenvalue weighted by Crippen LogP contribution is 2.71. The molecule has 1 heterocycles. The zero-order valence-electron chi connectivity index (χ0n) is 8.58. The van der Waals surface area contributed by atoms with E-state index in [1.807, 2.05) is 4.68 Å². The first-order valence-electron chi connectivity index (χ1n) is 5.87. The lowest BCUT2D eigenvalue weighted by Crippen LogP contribution is -2.13. The lowest BCUT2D eigenvalue weighted by molar-refractivity contribution is 0.416. The molecule has 4 atom stereocenters. The van der Waals surface area contributed by atoms with Crippen LogP contribution in [0.1, 0.15) is 31.1 Å². The lowest BCUT2D eigenvalue weighted by Gasteiger charge is -2.09. The van der Waals surface area contributed by atoms with Crippen LogP contribution in [-0.4, -0.2) is 20.2 Å². The number of hydrogen-bond acceptors (Lipinski definition) is 4. The molecule has 5 heteroatoms. The quantitative estimate of drug-likeness (QED) is 0.756. The molecule has 15 heavy (non-hydrogen) atoms. The Balaban J connectivity index is 1.67. The topological polar surface area (TPSA) is 69.6 Å². The summed E-state index contributed by atoms with van der Waals surface area (Å²) in [7, 11) is 0. The van der Waals surface area contributed by atoms with Gasteiger partial charge in [-0.05, 0) is 53.4 Å². The molecule has 3 aliphatic carbocycles. The van der Waals surface area contributed by atoms with Crippen LogP contribution in [0.2, 0.25) is 0 Å². The second kappa shape index (κ2) is 2.58. The van der Waals surface area contributed by atoms with Crippen molar-refractivity contribution in [2.75, 3.05) is 0 Å². The Morgan fingerprint density at radius 1 is 1.27 bits per heavy atom. The van der Waals surface area contributed by atoms with Crippen molar-refractivity contribution in [3.63, 3.8) is 0 Å². The molecular weight excluding hydrogens is 190 g/mol. The molecule has 1 aromatic rings. The zero-order chi connectivity index (χ0) is 9.99. The van der Waals surface area contributed by atoms with E-state index in [-0.39, 0.29) is 0 Å². The van der Waals surface area contributed by atoms with Crippen LogP contribution in [0.4, 0.5) is 0 Å². The third kappa shape index (κ3) is 0.897. The van der Waals surface area contributed by atoms with Crippen molar-refractivity contribution >= 4 is 0 Å². The van der Waals surface area contributed by atoms with Gasteiger partial charge < -0.3 is 5.73 Å². The van der Waals surface area contributed by atoms with Gasteiger partial charge in [-0.1, -0.05) is 0 Å². The van der Waals surface area contributed by atoms with Crippen LogP contribution in [0.25, 0.3) is 0 Å². The Hall–Kier alpha value is -0.970. The number of tetrazole rings is 1. The van der Waals surface area contributed by atoms with Gasteiger partial charge in [0.25, 0.3) is 0 Å². The van der Waals surface area contributed by atoms with Gasteiger partial charge in [0.15, 0.2) is 5.82 Å². The van der Waals surface area contributed by atoms with Crippen LogP contribution in [0, 0.1) is 23.7 Å². The Labute approximate surface area is 88.0 Å².